The van der Waals surface area contributed by atoms with E-state index in [0.717, 1.165) is 0 Å². The number of carbonyl (C=O) groups is 1. The van der Waals surface area contributed by atoms with Crippen molar-refractivity contribution < 1.29 is 15.0 Å². The molecule has 0 aromatic heterocycles. The van der Waals surface area contributed by atoms with Crippen LogP contribution in [0.2, 0.25) is 0 Å². The Morgan fingerprint density at radius 1 is 1.38 bits per heavy atom. The third-order valence-electron chi connectivity index (χ3n) is 1.73. The van der Waals surface area contributed by atoms with Crippen LogP contribution in [0, 0.1) is 0 Å². The molecule has 16 heavy (non-hydrogen) atoms. The SMILES string of the molecule is O=C(O)c1ccc(N=CNNCCO)cc1. The Balaban J connectivity index is 2.45. The average Bonchev–Trinajstić information content (AvgIpc) is 2.29. The van der Waals surface area contributed by atoms with Gasteiger partial charge in [0.05, 0.1) is 17.9 Å². The molecule has 0 radical (unpaired) electrons. The number of hydrazine groups is 1. The third-order valence-corrected chi connectivity index (χ3v) is 1.73. The van der Waals surface area contributed by atoms with Crippen molar-refractivity contribution >= 4 is 18.0 Å². The Labute approximate surface area is 92.6 Å². The largest absolute Gasteiger partial charge is 0.478 e. The Morgan fingerprint density at radius 3 is 2.62 bits per heavy atom. The van der Waals surface area contributed by atoms with Gasteiger partial charge in [0.1, 0.15) is 6.34 Å². The van der Waals surface area contributed by atoms with Crippen LogP contribution >= 0.6 is 0 Å². The predicted molar refractivity (Wildman–Crippen MR) is 59.8 cm³/mol. The molecule has 1 aromatic rings. The average molecular weight is 223 g/mol. The third kappa shape index (κ3) is 4.07. The number of benzene rings is 1. The van der Waals surface area contributed by atoms with Crippen molar-refractivity contribution in [2.75, 3.05) is 13.2 Å². The molecule has 0 amide bonds. The Morgan fingerprint density at radius 2 is 2.06 bits per heavy atom. The highest BCUT2D eigenvalue weighted by Crippen LogP contribution is 2.11. The summed E-state index contributed by atoms with van der Waals surface area (Å²) in [6, 6.07) is 6.17. The molecule has 0 saturated carbocycles. The number of aliphatic imine (C=N–C) groups is 1. The molecule has 0 spiro atoms. The number of carboxylic acid groups (broad SMARTS) is 1. The summed E-state index contributed by atoms with van der Waals surface area (Å²) < 4.78 is 0. The van der Waals surface area contributed by atoms with Crippen LogP contribution in [-0.4, -0.2) is 35.7 Å². The Hall–Kier alpha value is -1.92. The molecule has 0 bridgehead atoms. The first-order valence-electron chi connectivity index (χ1n) is 4.69. The fourth-order valence-electron chi connectivity index (χ4n) is 0.971. The number of carboxylic acids is 1. The number of nitrogens with zero attached hydrogens (tertiary/aromatic N) is 1. The zero-order chi connectivity index (χ0) is 11.8. The van der Waals surface area contributed by atoms with E-state index in [2.05, 4.69) is 15.8 Å². The minimum atomic E-state index is -0.960. The molecule has 4 N–H and O–H groups in total. The zero-order valence-electron chi connectivity index (χ0n) is 8.55. The monoisotopic (exact) mass is 223 g/mol. The summed E-state index contributed by atoms with van der Waals surface area (Å²) >= 11 is 0. The zero-order valence-corrected chi connectivity index (χ0v) is 8.55. The molecule has 86 valence electrons. The van der Waals surface area contributed by atoms with Crippen LogP contribution in [0.1, 0.15) is 10.4 Å². The van der Waals surface area contributed by atoms with Gasteiger partial charge in [-0.15, -0.1) is 0 Å². The van der Waals surface area contributed by atoms with E-state index in [0.29, 0.717) is 12.2 Å². The van der Waals surface area contributed by atoms with Crippen LogP contribution in [0.5, 0.6) is 0 Å². The van der Waals surface area contributed by atoms with Gasteiger partial charge in [-0.3, -0.25) is 0 Å². The van der Waals surface area contributed by atoms with Crippen LogP contribution in [0.4, 0.5) is 5.69 Å². The van der Waals surface area contributed by atoms with Gasteiger partial charge >= 0.3 is 5.97 Å². The van der Waals surface area contributed by atoms with Gasteiger partial charge in [-0.25, -0.2) is 15.2 Å². The van der Waals surface area contributed by atoms with Gasteiger partial charge in [-0.1, -0.05) is 0 Å². The van der Waals surface area contributed by atoms with E-state index in [1.54, 1.807) is 12.1 Å². The second-order valence-electron chi connectivity index (χ2n) is 2.90. The van der Waals surface area contributed by atoms with Crippen molar-refractivity contribution in [2.24, 2.45) is 4.99 Å². The standard InChI is InChI=1S/C10H13N3O3/c14-6-5-12-13-7-11-9-3-1-8(2-4-9)10(15)16/h1-4,7,12,14H,5-6H2,(H,11,13)(H,15,16). The molecular weight excluding hydrogens is 210 g/mol. The van der Waals surface area contributed by atoms with Crippen molar-refractivity contribution in [1.82, 2.24) is 10.9 Å². The summed E-state index contributed by atoms with van der Waals surface area (Å²) in [5.74, 6) is -0.960. The lowest BCUT2D eigenvalue weighted by molar-refractivity contribution is 0.0697. The quantitative estimate of drug-likeness (QED) is 0.238. The maximum absolute atomic E-state index is 10.6. The molecule has 6 heteroatoms. The van der Waals surface area contributed by atoms with E-state index in [1.807, 2.05) is 0 Å². The molecular formula is C10H13N3O3. The van der Waals surface area contributed by atoms with Gasteiger partial charge < -0.3 is 15.6 Å². The molecule has 0 unspecified atom stereocenters. The summed E-state index contributed by atoms with van der Waals surface area (Å²) in [6.07, 6.45) is 1.42. The summed E-state index contributed by atoms with van der Waals surface area (Å²) in [6.45, 7) is 0.456. The van der Waals surface area contributed by atoms with E-state index in [1.165, 1.54) is 18.5 Å². The number of aliphatic hydroxyl groups is 1. The highest BCUT2D eigenvalue weighted by molar-refractivity contribution is 5.87. The highest BCUT2D eigenvalue weighted by atomic mass is 16.4. The van der Waals surface area contributed by atoms with Gasteiger partial charge in [0, 0.05) is 6.54 Å². The van der Waals surface area contributed by atoms with Gasteiger partial charge in [-0.2, -0.15) is 0 Å². The summed E-state index contributed by atoms with van der Waals surface area (Å²) in [4.78, 5) is 14.6. The van der Waals surface area contributed by atoms with Crippen molar-refractivity contribution in [3.05, 3.63) is 29.8 Å². The van der Waals surface area contributed by atoms with E-state index in [9.17, 15) is 4.79 Å². The molecule has 1 rings (SSSR count). The maximum atomic E-state index is 10.6. The fourth-order valence-corrected chi connectivity index (χ4v) is 0.971. The van der Waals surface area contributed by atoms with Crippen molar-refractivity contribution in [3.63, 3.8) is 0 Å². The normalized spacial score (nSPS) is 10.6. The lowest BCUT2D eigenvalue weighted by Gasteiger charge is -1.99. The van der Waals surface area contributed by atoms with E-state index in [4.69, 9.17) is 10.2 Å². The topological polar surface area (TPSA) is 94.0 Å². The van der Waals surface area contributed by atoms with Gasteiger partial charge in [0.25, 0.3) is 0 Å². The first-order valence-corrected chi connectivity index (χ1v) is 4.69. The van der Waals surface area contributed by atoms with Crippen molar-refractivity contribution in [2.45, 2.75) is 0 Å². The van der Waals surface area contributed by atoms with Crippen LogP contribution in [0.25, 0.3) is 0 Å². The van der Waals surface area contributed by atoms with E-state index in [-0.39, 0.29) is 12.2 Å². The van der Waals surface area contributed by atoms with Gasteiger partial charge in [0.2, 0.25) is 0 Å². The van der Waals surface area contributed by atoms with Crippen LogP contribution in [0.15, 0.2) is 29.3 Å². The lowest BCUT2D eigenvalue weighted by Crippen LogP contribution is -2.32. The second-order valence-corrected chi connectivity index (χ2v) is 2.90. The van der Waals surface area contributed by atoms with Crippen molar-refractivity contribution in [3.8, 4) is 0 Å². The summed E-state index contributed by atoms with van der Waals surface area (Å²) in [5, 5.41) is 17.1. The smallest absolute Gasteiger partial charge is 0.335 e. The molecule has 0 aliphatic heterocycles. The molecule has 6 nitrogen and oxygen atoms in total. The first kappa shape index (κ1) is 12.2. The summed E-state index contributed by atoms with van der Waals surface area (Å²) in [5.41, 5.74) is 6.21. The molecule has 0 heterocycles. The van der Waals surface area contributed by atoms with E-state index < -0.39 is 5.97 Å². The predicted octanol–water partition coefficient (Wildman–Crippen LogP) is 0.131. The van der Waals surface area contributed by atoms with Gasteiger partial charge in [0.15, 0.2) is 0 Å². The molecule has 0 aliphatic carbocycles. The van der Waals surface area contributed by atoms with Gasteiger partial charge in [-0.05, 0) is 24.3 Å². The number of hydrogen-bond acceptors (Lipinski definition) is 4. The van der Waals surface area contributed by atoms with Crippen molar-refractivity contribution in [1.29, 1.82) is 0 Å². The summed E-state index contributed by atoms with van der Waals surface area (Å²) in [7, 11) is 0. The Bertz CT molecular complexity index is 362. The first-order chi connectivity index (χ1) is 7.74. The number of rotatable bonds is 6. The van der Waals surface area contributed by atoms with Crippen LogP contribution in [-0.2, 0) is 0 Å². The molecule has 0 saturated heterocycles. The molecule has 1 aromatic carbocycles. The number of hydrogen-bond donors (Lipinski definition) is 4. The fraction of sp³-hybridized carbons (Fsp3) is 0.200. The maximum Gasteiger partial charge on any atom is 0.335 e. The van der Waals surface area contributed by atoms with Crippen LogP contribution in [0.3, 0.4) is 0 Å². The lowest BCUT2D eigenvalue weighted by atomic mass is 10.2. The number of aliphatic hydroxyl groups excluding tert-OH is 1. The number of aromatic carboxylic acids is 1. The second kappa shape index (κ2) is 6.54. The van der Waals surface area contributed by atoms with E-state index >= 15 is 0 Å². The highest BCUT2D eigenvalue weighted by Gasteiger charge is 1.99. The Kier molecular flexibility index (Phi) is 4.97. The molecule has 0 atom stereocenters. The number of nitrogens with one attached hydrogen (secondary N) is 2. The minimum Gasteiger partial charge on any atom is -0.478 e. The van der Waals surface area contributed by atoms with Crippen LogP contribution < -0.4 is 10.9 Å². The molecule has 0 fully saturated rings. The minimum absolute atomic E-state index is 0.0359. The molecule has 0 aliphatic rings.